The van der Waals surface area contributed by atoms with Gasteiger partial charge in [-0.1, -0.05) is 109 Å². The van der Waals surface area contributed by atoms with Crippen molar-refractivity contribution in [1.29, 1.82) is 0 Å². The van der Waals surface area contributed by atoms with Gasteiger partial charge in [0.15, 0.2) is 0 Å². The van der Waals surface area contributed by atoms with Gasteiger partial charge in [-0.25, -0.2) is 0 Å². The first kappa shape index (κ1) is 31.2. The molecule has 0 saturated carbocycles. The van der Waals surface area contributed by atoms with Gasteiger partial charge >= 0.3 is 0 Å². The number of aryl methyl sites for hydroxylation is 3. The summed E-state index contributed by atoms with van der Waals surface area (Å²) in [5.74, 6) is 3.29. The topological polar surface area (TPSA) is 12.0 Å². The SMILES string of the molecule is C=CNCCCCC(C)CCCc1ccc(Cc2cc(CCC(C)CC(CC)C(C)C)ccc2C)cc1. The Kier molecular flexibility index (Phi) is 14.7. The molecule has 0 aliphatic carbocycles. The van der Waals surface area contributed by atoms with Crippen molar-refractivity contribution >= 4 is 0 Å². The molecule has 2 aromatic rings. The van der Waals surface area contributed by atoms with Crippen molar-refractivity contribution in [3.8, 4) is 0 Å². The fourth-order valence-corrected chi connectivity index (χ4v) is 5.69. The molecular weight excluding hydrogens is 446 g/mol. The maximum absolute atomic E-state index is 3.71. The van der Waals surface area contributed by atoms with Crippen molar-refractivity contribution in [3.05, 3.63) is 83.1 Å². The lowest BCUT2D eigenvalue weighted by Crippen LogP contribution is -2.12. The lowest BCUT2D eigenvalue weighted by molar-refractivity contribution is 0.290. The normalized spacial score (nSPS) is 13.9. The Labute approximate surface area is 230 Å². The number of hydrogen-bond donors (Lipinski definition) is 1. The predicted molar refractivity (Wildman–Crippen MR) is 165 cm³/mol. The van der Waals surface area contributed by atoms with E-state index in [1.807, 2.05) is 0 Å². The van der Waals surface area contributed by atoms with E-state index in [-0.39, 0.29) is 0 Å². The minimum absolute atomic E-state index is 0.798. The summed E-state index contributed by atoms with van der Waals surface area (Å²) >= 11 is 0. The summed E-state index contributed by atoms with van der Waals surface area (Å²) < 4.78 is 0. The Hall–Kier alpha value is -2.02. The van der Waals surface area contributed by atoms with Crippen LogP contribution in [0.1, 0.15) is 114 Å². The molecule has 0 aliphatic rings. The van der Waals surface area contributed by atoms with Gasteiger partial charge in [0.1, 0.15) is 0 Å². The number of hydrogen-bond acceptors (Lipinski definition) is 1. The van der Waals surface area contributed by atoms with Gasteiger partial charge < -0.3 is 5.32 Å². The van der Waals surface area contributed by atoms with Gasteiger partial charge in [-0.2, -0.15) is 0 Å². The van der Waals surface area contributed by atoms with E-state index in [0.29, 0.717) is 0 Å². The third-order valence-electron chi connectivity index (χ3n) is 8.50. The van der Waals surface area contributed by atoms with Gasteiger partial charge in [0.25, 0.3) is 0 Å². The Bertz CT molecular complexity index is 878. The zero-order chi connectivity index (χ0) is 27.0. The lowest BCUT2D eigenvalue weighted by atomic mass is 9.83. The zero-order valence-corrected chi connectivity index (χ0v) is 25.1. The number of nitrogens with one attached hydrogen (secondary N) is 1. The second-order valence-corrected chi connectivity index (χ2v) is 12.2. The molecule has 0 heterocycles. The van der Waals surface area contributed by atoms with Crippen LogP contribution in [0, 0.1) is 30.6 Å². The maximum Gasteiger partial charge on any atom is 0.0141 e. The molecule has 1 nitrogen and oxygen atoms in total. The highest BCUT2D eigenvalue weighted by molar-refractivity contribution is 5.36. The zero-order valence-electron chi connectivity index (χ0n) is 25.1. The molecule has 3 atom stereocenters. The highest BCUT2D eigenvalue weighted by Crippen LogP contribution is 2.26. The molecule has 1 heteroatoms. The molecule has 0 radical (unpaired) electrons. The first-order valence-electron chi connectivity index (χ1n) is 15.3. The van der Waals surface area contributed by atoms with Crippen molar-refractivity contribution in [1.82, 2.24) is 5.32 Å². The van der Waals surface area contributed by atoms with Crippen LogP contribution in [0.2, 0.25) is 0 Å². The standard InChI is InChI=1S/C36H57N/c1-8-35(28(3)4)25-30(6)16-18-33-19-17-31(7)36(26-33)27-34-22-20-32(21-23-34)15-12-14-29(5)13-10-11-24-37-9-2/h9,17,19-23,26,28-30,35,37H,2,8,10-16,18,24-25,27H2,1,3-7H3. The number of benzene rings is 2. The molecule has 37 heavy (non-hydrogen) atoms. The molecule has 0 saturated heterocycles. The van der Waals surface area contributed by atoms with E-state index >= 15 is 0 Å². The summed E-state index contributed by atoms with van der Waals surface area (Å²) in [5.41, 5.74) is 7.33. The summed E-state index contributed by atoms with van der Waals surface area (Å²) in [6.07, 6.45) is 15.7. The van der Waals surface area contributed by atoms with Crippen LogP contribution in [-0.2, 0) is 19.3 Å². The molecule has 1 N–H and O–H groups in total. The van der Waals surface area contributed by atoms with Crippen LogP contribution in [-0.4, -0.2) is 6.54 Å². The highest BCUT2D eigenvalue weighted by Gasteiger charge is 2.15. The van der Waals surface area contributed by atoms with Gasteiger partial charge in [-0.05, 0) is 110 Å². The first-order chi connectivity index (χ1) is 17.8. The van der Waals surface area contributed by atoms with Crippen LogP contribution in [0.25, 0.3) is 0 Å². The Morgan fingerprint density at radius 3 is 2.14 bits per heavy atom. The largest absolute Gasteiger partial charge is 0.391 e. The van der Waals surface area contributed by atoms with Crippen molar-refractivity contribution in [2.75, 3.05) is 6.54 Å². The van der Waals surface area contributed by atoms with Gasteiger partial charge in [-0.15, -0.1) is 0 Å². The first-order valence-corrected chi connectivity index (χ1v) is 15.3. The number of rotatable bonds is 19. The molecule has 3 unspecified atom stereocenters. The monoisotopic (exact) mass is 503 g/mol. The fourth-order valence-electron chi connectivity index (χ4n) is 5.69. The average Bonchev–Trinajstić information content (AvgIpc) is 2.88. The molecule has 2 aromatic carbocycles. The molecule has 2 rings (SSSR count). The van der Waals surface area contributed by atoms with Crippen molar-refractivity contribution < 1.29 is 0 Å². The molecule has 206 valence electrons. The summed E-state index contributed by atoms with van der Waals surface area (Å²) in [4.78, 5) is 0. The smallest absolute Gasteiger partial charge is 0.0141 e. The third-order valence-corrected chi connectivity index (χ3v) is 8.50. The highest BCUT2D eigenvalue weighted by atomic mass is 14.8. The lowest BCUT2D eigenvalue weighted by Gasteiger charge is -2.23. The molecule has 0 fully saturated rings. The van der Waals surface area contributed by atoms with Crippen LogP contribution in [0.3, 0.4) is 0 Å². The summed E-state index contributed by atoms with van der Waals surface area (Å²) in [5, 5.41) is 3.20. The van der Waals surface area contributed by atoms with E-state index < -0.39 is 0 Å². The van der Waals surface area contributed by atoms with Gasteiger partial charge in [-0.3, -0.25) is 0 Å². The van der Waals surface area contributed by atoms with Crippen LogP contribution >= 0.6 is 0 Å². The van der Waals surface area contributed by atoms with E-state index in [4.69, 9.17) is 0 Å². The summed E-state index contributed by atoms with van der Waals surface area (Å²) in [6.45, 7) is 19.0. The molecule has 0 bridgehead atoms. The molecule has 0 spiro atoms. The molecular formula is C36H57N. The van der Waals surface area contributed by atoms with Crippen molar-refractivity contribution in [2.45, 2.75) is 112 Å². The van der Waals surface area contributed by atoms with E-state index in [1.54, 1.807) is 6.20 Å². The minimum Gasteiger partial charge on any atom is -0.391 e. The van der Waals surface area contributed by atoms with Gasteiger partial charge in [0.05, 0.1) is 0 Å². The molecule has 0 aromatic heterocycles. The van der Waals surface area contributed by atoms with E-state index in [2.05, 4.69) is 95.9 Å². The second kappa shape index (κ2) is 17.5. The van der Waals surface area contributed by atoms with E-state index in [1.165, 1.54) is 92.0 Å². The Morgan fingerprint density at radius 1 is 0.784 bits per heavy atom. The number of unbranched alkanes of at least 4 members (excludes halogenated alkanes) is 1. The second-order valence-electron chi connectivity index (χ2n) is 12.2. The maximum atomic E-state index is 3.71. The summed E-state index contributed by atoms with van der Waals surface area (Å²) in [7, 11) is 0. The Morgan fingerprint density at radius 2 is 1.46 bits per heavy atom. The minimum atomic E-state index is 0.798. The van der Waals surface area contributed by atoms with Crippen LogP contribution < -0.4 is 5.32 Å². The van der Waals surface area contributed by atoms with E-state index in [9.17, 15) is 0 Å². The van der Waals surface area contributed by atoms with Gasteiger partial charge in [0.2, 0.25) is 0 Å². The fraction of sp³-hybridized carbons (Fsp3) is 0.611. The average molecular weight is 504 g/mol. The summed E-state index contributed by atoms with van der Waals surface area (Å²) in [6, 6.07) is 16.6. The van der Waals surface area contributed by atoms with Crippen LogP contribution in [0.5, 0.6) is 0 Å². The van der Waals surface area contributed by atoms with Crippen molar-refractivity contribution in [3.63, 3.8) is 0 Å². The van der Waals surface area contributed by atoms with Crippen LogP contribution in [0.15, 0.2) is 55.2 Å². The molecule has 0 amide bonds. The van der Waals surface area contributed by atoms with Crippen LogP contribution in [0.4, 0.5) is 0 Å². The van der Waals surface area contributed by atoms with Crippen molar-refractivity contribution in [2.24, 2.45) is 23.7 Å². The molecule has 0 aliphatic heterocycles. The third kappa shape index (κ3) is 12.4. The van der Waals surface area contributed by atoms with E-state index in [0.717, 1.165) is 36.6 Å². The predicted octanol–water partition coefficient (Wildman–Crippen LogP) is 10.1. The quantitative estimate of drug-likeness (QED) is 0.188. The Balaban J connectivity index is 1.79. The van der Waals surface area contributed by atoms with Gasteiger partial charge in [0, 0.05) is 6.54 Å².